The van der Waals surface area contributed by atoms with Crippen molar-refractivity contribution in [2.24, 2.45) is 0 Å². The fourth-order valence-corrected chi connectivity index (χ4v) is 5.56. The van der Waals surface area contributed by atoms with Crippen LogP contribution in [0.25, 0.3) is 0 Å². The SMILES string of the molecule is Cc1cc(S(=O)(=O)NC2CCCc3ccccc32)sc1C(=O)O. The van der Waals surface area contributed by atoms with Gasteiger partial charge in [0.05, 0.1) is 0 Å². The number of aromatic carboxylic acids is 1. The summed E-state index contributed by atoms with van der Waals surface area (Å²) in [4.78, 5) is 11.2. The lowest BCUT2D eigenvalue weighted by Crippen LogP contribution is -2.30. The minimum absolute atomic E-state index is 0.0513. The van der Waals surface area contributed by atoms with Crippen molar-refractivity contribution >= 4 is 27.3 Å². The highest BCUT2D eigenvalue weighted by molar-refractivity contribution is 7.91. The largest absolute Gasteiger partial charge is 0.477 e. The molecule has 0 amide bonds. The van der Waals surface area contributed by atoms with Crippen molar-refractivity contribution in [2.45, 2.75) is 36.4 Å². The number of thiophene rings is 1. The van der Waals surface area contributed by atoms with Crippen molar-refractivity contribution in [3.63, 3.8) is 0 Å². The van der Waals surface area contributed by atoms with E-state index in [1.807, 2.05) is 24.3 Å². The van der Waals surface area contributed by atoms with Gasteiger partial charge in [0, 0.05) is 6.04 Å². The molecule has 0 saturated heterocycles. The number of fused-ring (bicyclic) bond motifs is 1. The van der Waals surface area contributed by atoms with Crippen molar-refractivity contribution in [3.05, 3.63) is 51.9 Å². The van der Waals surface area contributed by atoms with Crippen LogP contribution in [0, 0.1) is 6.92 Å². The van der Waals surface area contributed by atoms with Gasteiger partial charge in [-0.3, -0.25) is 0 Å². The van der Waals surface area contributed by atoms with Crippen LogP contribution in [0.4, 0.5) is 0 Å². The number of benzene rings is 1. The number of rotatable bonds is 4. The molecule has 1 aliphatic rings. The molecule has 0 bridgehead atoms. The summed E-state index contributed by atoms with van der Waals surface area (Å²) >= 11 is 0.794. The molecule has 1 aromatic carbocycles. The summed E-state index contributed by atoms with van der Waals surface area (Å²) in [5.74, 6) is -1.10. The van der Waals surface area contributed by atoms with E-state index >= 15 is 0 Å². The summed E-state index contributed by atoms with van der Waals surface area (Å²) in [6.45, 7) is 1.61. The molecule has 2 N–H and O–H groups in total. The number of sulfonamides is 1. The Morgan fingerprint density at radius 2 is 2.09 bits per heavy atom. The molecule has 3 rings (SSSR count). The molecule has 2 aromatic rings. The Balaban J connectivity index is 1.91. The average molecular weight is 351 g/mol. The van der Waals surface area contributed by atoms with E-state index in [1.165, 1.54) is 11.6 Å². The van der Waals surface area contributed by atoms with Crippen LogP contribution in [-0.2, 0) is 16.4 Å². The summed E-state index contributed by atoms with van der Waals surface area (Å²) < 4.78 is 28.0. The minimum Gasteiger partial charge on any atom is -0.477 e. The molecular formula is C16H17NO4S2. The van der Waals surface area contributed by atoms with E-state index in [2.05, 4.69) is 4.72 Å². The van der Waals surface area contributed by atoms with Gasteiger partial charge in [0.2, 0.25) is 0 Å². The first kappa shape index (κ1) is 16.2. The molecule has 23 heavy (non-hydrogen) atoms. The lowest BCUT2D eigenvalue weighted by atomic mass is 9.88. The van der Waals surface area contributed by atoms with Crippen LogP contribution in [0.5, 0.6) is 0 Å². The highest BCUT2D eigenvalue weighted by Gasteiger charge is 2.28. The number of carboxylic acids is 1. The second-order valence-electron chi connectivity index (χ2n) is 5.65. The van der Waals surface area contributed by atoms with Gasteiger partial charge in [0.15, 0.2) is 0 Å². The van der Waals surface area contributed by atoms with Gasteiger partial charge < -0.3 is 5.11 Å². The monoisotopic (exact) mass is 351 g/mol. The third-order valence-electron chi connectivity index (χ3n) is 4.02. The Bertz CT molecular complexity index is 855. The maximum Gasteiger partial charge on any atom is 0.346 e. The summed E-state index contributed by atoms with van der Waals surface area (Å²) in [5, 5.41) is 9.09. The number of carbonyl (C=O) groups is 1. The minimum atomic E-state index is -3.73. The second-order valence-corrected chi connectivity index (χ2v) is 8.64. The normalized spacial score (nSPS) is 17.7. The van der Waals surface area contributed by atoms with Crippen molar-refractivity contribution in [1.29, 1.82) is 0 Å². The number of hydrogen-bond acceptors (Lipinski definition) is 4. The zero-order chi connectivity index (χ0) is 16.6. The van der Waals surface area contributed by atoms with E-state index in [1.54, 1.807) is 6.92 Å². The molecule has 5 nitrogen and oxygen atoms in total. The van der Waals surface area contributed by atoms with E-state index in [0.717, 1.165) is 36.2 Å². The molecule has 1 aromatic heterocycles. The summed E-state index contributed by atoms with van der Waals surface area (Å²) in [6.07, 6.45) is 2.62. The highest BCUT2D eigenvalue weighted by Crippen LogP contribution is 2.32. The third kappa shape index (κ3) is 3.17. The topological polar surface area (TPSA) is 83.5 Å². The number of aryl methyl sites for hydroxylation is 2. The molecule has 1 unspecified atom stereocenters. The first-order valence-corrected chi connectivity index (χ1v) is 9.62. The van der Waals surface area contributed by atoms with Crippen molar-refractivity contribution in [3.8, 4) is 0 Å². The Morgan fingerprint density at radius 3 is 2.78 bits per heavy atom. The Labute approximate surface area is 139 Å². The summed E-state index contributed by atoms with van der Waals surface area (Å²) in [7, 11) is -3.73. The Kier molecular flexibility index (Phi) is 4.27. The molecule has 0 spiro atoms. The van der Waals surface area contributed by atoms with E-state index in [0.29, 0.717) is 5.56 Å². The molecule has 0 fully saturated rings. The average Bonchev–Trinajstić information content (AvgIpc) is 2.90. The fourth-order valence-electron chi connectivity index (χ4n) is 2.92. The van der Waals surface area contributed by atoms with Crippen LogP contribution in [0.1, 0.15) is 45.2 Å². The molecule has 122 valence electrons. The van der Waals surface area contributed by atoms with Crippen molar-refractivity contribution < 1.29 is 18.3 Å². The number of hydrogen-bond donors (Lipinski definition) is 2. The number of nitrogens with one attached hydrogen (secondary N) is 1. The standard InChI is InChI=1S/C16H17NO4S2/c1-10-9-14(22-15(10)16(18)19)23(20,21)17-13-8-4-6-11-5-2-3-7-12(11)13/h2-3,5,7,9,13,17H,4,6,8H2,1H3,(H,18,19). The highest BCUT2D eigenvalue weighted by atomic mass is 32.2. The molecular weight excluding hydrogens is 334 g/mol. The maximum atomic E-state index is 12.6. The molecule has 1 aliphatic carbocycles. The van der Waals surface area contributed by atoms with Crippen LogP contribution in [0.3, 0.4) is 0 Å². The Morgan fingerprint density at radius 1 is 1.35 bits per heavy atom. The van der Waals surface area contributed by atoms with E-state index < -0.39 is 16.0 Å². The van der Waals surface area contributed by atoms with Gasteiger partial charge >= 0.3 is 5.97 Å². The molecule has 0 radical (unpaired) electrons. The zero-order valence-electron chi connectivity index (χ0n) is 12.6. The van der Waals surface area contributed by atoms with Crippen LogP contribution in [-0.4, -0.2) is 19.5 Å². The third-order valence-corrected chi connectivity index (χ3v) is 7.19. The maximum absolute atomic E-state index is 12.6. The quantitative estimate of drug-likeness (QED) is 0.886. The van der Waals surface area contributed by atoms with Gasteiger partial charge in [-0.1, -0.05) is 24.3 Å². The molecule has 1 atom stereocenters. The van der Waals surface area contributed by atoms with E-state index in [-0.39, 0.29) is 15.1 Å². The summed E-state index contributed by atoms with van der Waals surface area (Å²) in [6, 6.07) is 8.99. The van der Waals surface area contributed by atoms with Crippen molar-refractivity contribution in [2.75, 3.05) is 0 Å². The predicted molar refractivity (Wildman–Crippen MR) is 88.5 cm³/mol. The van der Waals surface area contributed by atoms with Crippen LogP contribution in [0.2, 0.25) is 0 Å². The lowest BCUT2D eigenvalue weighted by Gasteiger charge is -2.25. The lowest BCUT2D eigenvalue weighted by molar-refractivity contribution is 0.0701. The van der Waals surface area contributed by atoms with Crippen LogP contribution in [0.15, 0.2) is 34.5 Å². The van der Waals surface area contributed by atoms with Crippen LogP contribution < -0.4 is 4.72 Å². The van der Waals surface area contributed by atoms with Crippen LogP contribution >= 0.6 is 11.3 Å². The van der Waals surface area contributed by atoms with Gasteiger partial charge in [-0.15, -0.1) is 11.3 Å². The second kappa shape index (κ2) is 6.07. The Hall–Kier alpha value is -1.70. The van der Waals surface area contributed by atoms with Crippen molar-refractivity contribution in [1.82, 2.24) is 4.72 Å². The van der Waals surface area contributed by atoms with Gasteiger partial charge in [-0.2, -0.15) is 0 Å². The molecule has 1 heterocycles. The van der Waals surface area contributed by atoms with Gasteiger partial charge in [-0.05, 0) is 48.9 Å². The molecule has 7 heteroatoms. The van der Waals surface area contributed by atoms with Gasteiger partial charge in [-0.25, -0.2) is 17.9 Å². The smallest absolute Gasteiger partial charge is 0.346 e. The van der Waals surface area contributed by atoms with E-state index in [9.17, 15) is 13.2 Å². The van der Waals surface area contributed by atoms with E-state index in [4.69, 9.17) is 5.11 Å². The van der Waals surface area contributed by atoms with Gasteiger partial charge in [0.1, 0.15) is 9.09 Å². The first-order chi connectivity index (χ1) is 10.9. The first-order valence-electron chi connectivity index (χ1n) is 7.32. The molecule has 0 aliphatic heterocycles. The number of carboxylic acid groups (broad SMARTS) is 1. The van der Waals surface area contributed by atoms with Gasteiger partial charge in [0.25, 0.3) is 10.0 Å². The fraction of sp³-hybridized carbons (Fsp3) is 0.312. The molecule has 0 saturated carbocycles. The predicted octanol–water partition coefficient (Wildman–Crippen LogP) is 3.11. The summed E-state index contributed by atoms with van der Waals surface area (Å²) in [5.41, 5.74) is 2.64. The zero-order valence-corrected chi connectivity index (χ0v) is 14.2.